The van der Waals surface area contributed by atoms with Gasteiger partial charge in [0.05, 0.1) is 17.0 Å². The molecular formula is C15H22N2O2S. The highest BCUT2D eigenvalue weighted by atomic mass is 32.1. The van der Waals surface area contributed by atoms with E-state index in [4.69, 9.17) is 4.42 Å². The van der Waals surface area contributed by atoms with Gasteiger partial charge in [0.15, 0.2) is 0 Å². The summed E-state index contributed by atoms with van der Waals surface area (Å²) in [6.45, 7) is 7.09. The molecule has 0 radical (unpaired) electrons. The van der Waals surface area contributed by atoms with Gasteiger partial charge < -0.3 is 14.8 Å². The summed E-state index contributed by atoms with van der Waals surface area (Å²) < 4.78 is 5.20. The molecule has 2 N–H and O–H groups in total. The number of rotatable bonds is 7. The van der Waals surface area contributed by atoms with Gasteiger partial charge in [0, 0.05) is 23.9 Å². The molecule has 2 aromatic rings. The van der Waals surface area contributed by atoms with Crippen molar-refractivity contribution in [3.63, 3.8) is 0 Å². The highest BCUT2D eigenvalue weighted by molar-refractivity contribution is 7.09. The maximum absolute atomic E-state index is 10.0. The van der Waals surface area contributed by atoms with Gasteiger partial charge in [-0.15, -0.1) is 11.3 Å². The van der Waals surface area contributed by atoms with E-state index in [1.165, 1.54) is 5.01 Å². The van der Waals surface area contributed by atoms with Gasteiger partial charge in [-0.25, -0.2) is 4.98 Å². The van der Waals surface area contributed by atoms with Crippen LogP contribution in [0.5, 0.6) is 0 Å². The van der Waals surface area contributed by atoms with Crippen LogP contribution in [-0.4, -0.2) is 16.1 Å². The van der Waals surface area contributed by atoms with E-state index in [0.29, 0.717) is 18.1 Å². The minimum atomic E-state index is -0.561. The largest absolute Gasteiger partial charge is 0.467 e. The first-order chi connectivity index (χ1) is 9.56. The molecule has 4 nitrogen and oxygen atoms in total. The Morgan fingerprint density at radius 1 is 1.40 bits per heavy atom. The molecule has 0 fully saturated rings. The van der Waals surface area contributed by atoms with Gasteiger partial charge in [0.2, 0.25) is 0 Å². The summed E-state index contributed by atoms with van der Waals surface area (Å²) in [5, 5.41) is 16.7. The Morgan fingerprint density at radius 2 is 2.20 bits per heavy atom. The molecule has 0 saturated carbocycles. The predicted molar refractivity (Wildman–Crippen MR) is 80.8 cm³/mol. The van der Waals surface area contributed by atoms with Crippen molar-refractivity contribution >= 4 is 11.3 Å². The molecule has 0 aliphatic heterocycles. The van der Waals surface area contributed by atoms with Crippen LogP contribution in [0.4, 0.5) is 0 Å². The Hall–Kier alpha value is -1.17. The van der Waals surface area contributed by atoms with Crippen molar-refractivity contribution in [2.75, 3.05) is 0 Å². The molecule has 0 aromatic carbocycles. The van der Waals surface area contributed by atoms with E-state index in [0.717, 1.165) is 12.2 Å². The van der Waals surface area contributed by atoms with E-state index in [2.05, 4.69) is 36.5 Å². The van der Waals surface area contributed by atoms with Crippen LogP contribution >= 0.6 is 11.3 Å². The topological polar surface area (TPSA) is 58.3 Å². The van der Waals surface area contributed by atoms with Crippen LogP contribution in [-0.2, 0) is 6.54 Å². The Bertz CT molecular complexity index is 508. The number of aliphatic hydroxyl groups excluding tert-OH is 1. The van der Waals surface area contributed by atoms with Gasteiger partial charge >= 0.3 is 0 Å². The number of furan rings is 1. The fraction of sp³-hybridized carbons (Fsp3) is 0.533. The summed E-state index contributed by atoms with van der Waals surface area (Å²) in [4.78, 5) is 4.59. The summed E-state index contributed by atoms with van der Waals surface area (Å²) in [6, 6.07) is 3.78. The van der Waals surface area contributed by atoms with Gasteiger partial charge in [-0.1, -0.05) is 13.8 Å². The van der Waals surface area contributed by atoms with Crippen LogP contribution in [0.15, 0.2) is 28.2 Å². The molecule has 2 aromatic heterocycles. The third kappa shape index (κ3) is 4.16. The maximum atomic E-state index is 10.0. The second-order valence-electron chi connectivity index (χ2n) is 5.38. The smallest absolute Gasteiger partial charge is 0.132 e. The Balaban J connectivity index is 1.78. The molecule has 0 amide bonds. The lowest BCUT2D eigenvalue weighted by molar-refractivity contribution is 0.128. The zero-order chi connectivity index (χ0) is 14.5. The molecule has 0 aliphatic carbocycles. The fourth-order valence-corrected chi connectivity index (χ4v) is 2.80. The average molecular weight is 294 g/mol. The minimum Gasteiger partial charge on any atom is -0.467 e. The summed E-state index contributed by atoms with van der Waals surface area (Å²) >= 11 is 1.71. The Labute approximate surface area is 123 Å². The van der Waals surface area contributed by atoms with Crippen molar-refractivity contribution in [1.82, 2.24) is 10.3 Å². The quantitative estimate of drug-likeness (QED) is 0.821. The number of aliphatic hydroxyl groups is 1. The molecule has 20 heavy (non-hydrogen) atoms. The lowest BCUT2D eigenvalue weighted by atomic mass is 10.1. The number of hydrogen-bond acceptors (Lipinski definition) is 5. The van der Waals surface area contributed by atoms with E-state index < -0.39 is 6.10 Å². The summed E-state index contributed by atoms with van der Waals surface area (Å²) in [7, 11) is 0. The summed E-state index contributed by atoms with van der Waals surface area (Å²) in [5.41, 5.74) is 1.07. The van der Waals surface area contributed by atoms with Gasteiger partial charge in [-0.2, -0.15) is 0 Å². The van der Waals surface area contributed by atoms with Crippen molar-refractivity contribution in [1.29, 1.82) is 0 Å². The van der Waals surface area contributed by atoms with Crippen molar-refractivity contribution in [2.24, 2.45) is 0 Å². The molecule has 2 atom stereocenters. The molecule has 2 unspecified atom stereocenters. The molecule has 5 heteroatoms. The second kappa shape index (κ2) is 7.02. The van der Waals surface area contributed by atoms with Gasteiger partial charge in [0.25, 0.3) is 0 Å². The molecule has 0 aliphatic rings. The van der Waals surface area contributed by atoms with Crippen molar-refractivity contribution < 1.29 is 9.52 Å². The predicted octanol–water partition coefficient (Wildman–Crippen LogP) is 3.46. The summed E-state index contributed by atoms with van der Waals surface area (Å²) in [6.07, 6.45) is 1.64. The number of thiazole rings is 1. The van der Waals surface area contributed by atoms with Crippen LogP contribution in [0.1, 0.15) is 55.7 Å². The Morgan fingerprint density at radius 3 is 2.80 bits per heavy atom. The van der Waals surface area contributed by atoms with Crippen LogP contribution in [0.3, 0.4) is 0 Å². The fourth-order valence-electron chi connectivity index (χ4n) is 1.96. The first kappa shape index (κ1) is 15.2. The number of nitrogens with one attached hydrogen (secondary N) is 1. The van der Waals surface area contributed by atoms with Crippen LogP contribution in [0, 0.1) is 0 Å². The third-order valence-electron chi connectivity index (χ3n) is 3.14. The average Bonchev–Trinajstić information content (AvgIpc) is 3.07. The van der Waals surface area contributed by atoms with Crippen LogP contribution in [0.2, 0.25) is 0 Å². The maximum Gasteiger partial charge on any atom is 0.132 e. The van der Waals surface area contributed by atoms with E-state index >= 15 is 0 Å². The Kier molecular flexibility index (Phi) is 5.34. The van der Waals surface area contributed by atoms with Crippen molar-refractivity contribution in [2.45, 2.75) is 51.8 Å². The van der Waals surface area contributed by atoms with E-state index in [9.17, 15) is 5.11 Å². The molecule has 0 bridgehead atoms. The monoisotopic (exact) mass is 294 g/mol. The molecule has 0 spiro atoms. The van der Waals surface area contributed by atoms with Crippen molar-refractivity contribution in [3.05, 3.63) is 40.2 Å². The first-order valence-corrected chi connectivity index (χ1v) is 7.83. The van der Waals surface area contributed by atoms with Crippen molar-refractivity contribution in [3.8, 4) is 0 Å². The summed E-state index contributed by atoms with van der Waals surface area (Å²) in [5.74, 6) is 1.10. The lowest BCUT2D eigenvalue weighted by Gasteiger charge is -2.16. The van der Waals surface area contributed by atoms with E-state index in [-0.39, 0.29) is 6.04 Å². The third-order valence-corrected chi connectivity index (χ3v) is 4.34. The van der Waals surface area contributed by atoms with Crippen LogP contribution in [0.25, 0.3) is 0 Å². The zero-order valence-electron chi connectivity index (χ0n) is 12.2. The van der Waals surface area contributed by atoms with E-state index in [1.54, 1.807) is 29.7 Å². The molecular weight excluding hydrogens is 272 g/mol. The van der Waals surface area contributed by atoms with Gasteiger partial charge in [0.1, 0.15) is 11.9 Å². The molecule has 2 rings (SSSR count). The second-order valence-corrected chi connectivity index (χ2v) is 6.27. The highest BCUT2D eigenvalue weighted by Crippen LogP contribution is 2.20. The first-order valence-electron chi connectivity index (χ1n) is 6.95. The molecule has 2 heterocycles. The highest BCUT2D eigenvalue weighted by Gasteiger charge is 2.15. The van der Waals surface area contributed by atoms with Gasteiger partial charge in [-0.05, 0) is 25.5 Å². The lowest BCUT2D eigenvalue weighted by Crippen LogP contribution is -2.27. The standard InChI is InChI=1S/C15H22N2O2S/c1-10(2)15-17-12(9-20-15)8-16-11(3)7-13(18)14-5-4-6-19-14/h4-6,9-11,13,16,18H,7-8H2,1-3H3. The number of nitrogens with zero attached hydrogens (tertiary/aromatic N) is 1. The minimum absolute atomic E-state index is 0.194. The van der Waals surface area contributed by atoms with Crippen LogP contribution < -0.4 is 5.32 Å². The number of aromatic nitrogens is 1. The normalized spacial score (nSPS) is 14.7. The van der Waals surface area contributed by atoms with E-state index in [1.807, 2.05) is 0 Å². The zero-order valence-corrected chi connectivity index (χ0v) is 13.0. The molecule has 0 saturated heterocycles. The SMILES string of the molecule is CC(CC(O)c1ccco1)NCc1csc(C(C)C)n1. The molecule has 110 valence electrons. The number of hydrogen-bond donors (Lipinski definition) is 2. The van der Waals surface area contributed by atoms with Gasteiger partial charge in [-0.3, -0.25) is 0 Å².